The number of ether oxygens (including phenoxy) is 2. The highest BCUT2D eigenvalue weighted by Gasteiger charge is 2.20. The maximum absolute atomic E-state index is 12.7. The van der Waals surface area contributed by atoms with Crippen molar-refractivity contribution < 1.29 is 19.1 Å². The fourth-order valence-electron chi connectivity index (χ4n) is 2.79. The summed E-state index contributed by atoms with van der Waals surface area (Å²) in [7, 11) is 1.43. The van der Waals surface area contributed by atoms with E-state index in [1.807, 2.05) is 38.1 Å². The minimum Gasteiger partial charge on any atom is -0.496 e. The van der Waals surface area contributed by atoms with Gasteiger partial charge in [-0.2, -0.15) is 5.26 Å². The van der Waals surface area contributed by atoms with Crippen molar-refractivity contribution >= 4 is 29.2 Å². The summed E-state index contributed by atoms with van der Waals surface area (Å²) in [6, 6.07) is 12.3. The molecule has 2 rings (SSSR count). The van der Waals surface area contributed by atoms with E-state index < -0.39 is 18.5 Å². The monoisotopic (exact) mass is 400 g/mol. The lowest BCUT2D eigenvalue weighted by molar-refractivity contribution is -0.121. The number of amides is 1. The van der Waals surface area contributed by atoms with Crippen molar-refractivity contribution in [3.8, 4) is 11.8 Å². The first-order valence-electron chi connectivity index (χ1n) is 8.62. The van der Waals surface area contributed by atoms with Crippen LogP contribution in [0.4, 0.5) is 5.69 Å². The molecule has 0 atom stereocenters. The zero-order valence-electron chi connectivity index (χ0n) is 16.0. The van der Waals surface area contributed by atoms with Crippen molar-refractivity contribution in [2.75, 3.05) is 25.2 Å². The molecule has 0 aromatic heterocycles. The molecule has 0 fully saturated rings. The summed E-state index contributed by atoms with van der Waals surface area (Å²) in [5.74, 6) is -0.833. The number of carbonyl (C=O) groups is 2. The van der Waals surface area contributed by atoms with E-state index in [1.165, 1.54) is 18.1 Å². The third kappa shape index (κ3) is 5.48. The molecular formula is C21H21ClN2O4. The third-order valence-corrected chi connectivity index (χ3v) is 4.21. The smallest absolute Gasteiger partial charge is 0.342 e. The predicted molar refractivity (Wildman–Crippen MR) is 107 cm³/mol. The first-order chi connectivity index (χ1) is 13.3. The Morgan fingerprint density at radius 2 is 1.82 bits per heavy atom. The van der Waals surface area contributed by atoms with Gasteiger partial charge in [-0.25, -0.2) is 4.79 Å². The van der Waals surface area contributed by atoms with E-state index in [-0.39, 0.29) is 18.5 Å². The minimum atomic E-state index is -0.714. The second kappa shape index (κ2) is 9.77. The Morgan fingerprint density at radius 3 is 2.43 bits per heavy atom. The zero-order chi connectivity index (χ0) is 20.7. The summed E-state index contributed by atoms with van der Waals surface area (Å²) >= 11 is 5.93. The number of rotatable bonds is 7. The van der Waals surface area contributed by atoms with Crippen molar-refractivity contribution in [2.24, 2.45) is 0 Å². The second-order valence-electron chi connectivity index (χ2n) is 6.22. The molecule has 0 N–H and O–H groups in total. The van der Waals surface area contributed by atoms with Gasteiger partial charge in [-0.3, -0.25) is 4.79 Å². The highest BCUT2D eigenvalue weighted by atomic mass is 35.5. The number of halogens is 1. The molecule has 0 aliphatic rings. The summed E-state index contributed by atoms with van der Waals surface area (Å²) in [6.07, 6.45) is 0.162. The fraction of sp³-hybridized carbons (Fsp3) is 0.286. The Hall–Kier alpha value is -3.04. The summed E-state index contributed by atoms with van der Waals surface area (Å²) in [4.78, 5) is 26.5. The van der Waals surface area contributed by atoms with Gasteiger partial charge in [0.05, 0.1) is 19.6 Å². The quantitative estimate of drug-likeness (QED) is 0.654. The number of nitriles is 1. The molecule has 2 aromatic rings. The van der Waals surface area contributed by atoms with Crippen molar-refractivity contribution in [2.45, 2.75) is 20.3 Å². The Balaban J connectivity index is 2.16. The van der Waals surface area contributed by atoms with Crippen LogP contribution >= 0.6 is 11.6 Å². The van der Waals surface area contributed by atoms with E-state index in [0.717, 1.165) is 11.1 Å². The Kier molecular flexibility index (Phi) is 7.42. The number of hydrogen-bond donors (Lipinski definition) is 0. The van der Waals surface area contributed by atoms with Gasteiger partial charge in [0.1, 0.15) is 11.3 Å². The number of aryl methyl sites for hydroxylation is 2. The van der Waals surface area contributed by atoms with Crippen molar-refractivity contribution in [1.82, 2.24) is 0 Å². The molecule has 1 amide bonds. The highest BCUT2D eigenvalue weighted by molar-refractivity contribution is 6.31. The van der Waals surface area contributed by atoms with E-state index in [9.17, 15) is 9.59 Å². The molecular weight excluding hydrogens is 380 g/mol. The van der Waals surface area contributed by atoms with Crippen molar-refractivity contribution in [3.63, 3.8) is 0 Å². The summed E-state index contributed by atoms with van der Waals surface area (Å²) in [6.45, 7) is 3.59. The lowest BCUT2D eigenvalue weighted by Crippen LogP contribution is -2.35. The Bertz CT molecular complexity index is 901. The number of nitrogens with zero attached hydrogens (tertiary/aromatic N) is 2. The summed E-state index contributed by atoms with van der Waals surface area (Å²) in [5, 5.41) is 9.26. The normalized spacial score (nSPS) is 10.1. The molecule has 0 spiro atoms. The van der Waals surface area contributed by atoms with Gasteiger partial charge < -0.3 is 14.4 Å². The molecule has 0 heterocycles. The lowest BCUT2D eigenvalue weighted by Gasteiger charge is -2.22. The van der Waals surface area contributed by atoms with Gasteiger partial charge in [-0.1, -0.05) is 17.7 Å². The zero-order valence-corrected chi connectivity index (χ0v) is 16.7. The molecule has 0 saturated carbocycles. The molecule has 0 aliphatic carbocycles. The summed E-state index contributed by atoms with van der Waals surface area (Å²) < 4.78 is 10.3. The largest absolute Gasteiger partial charge is 0.496 e. The maximum atomic E-state index is 12.7. The van der Waals surface area contributed by atoms with Gasteiger partial charge in [-0.05, 0) is 55.3 Å². The molecule has 0 bridgehead atoms. The number of methoxy groups -OCH3 is 1. The number of hydrogen-bond acceptors (Lipinski definition) is 5. The van der Waals surface area contributed by atoms with Gasteiger partial charge in [0.25, 0.3) is 5.91 Å². The topological polar surface area (TPSA) is 79.6 Å². The van der Waals surface area contributed by atoms with E-state index >= 15 is 0 Å². The van der Waals surface area contributed by atoms with Gasteiger partial charge in [0.2, 0.25) is 0 Å². The van der Waals surface area contributed by atoms with Crippen LogP contribution in [0.15, 0.2) is 36.4 Å². The molecule has 2 aromatic carbocycles. The second-order valence-corrected chi connectivity index (χ2v) is 6.66. The van der Waals surface area contributed by atoms with Crippen LogP contribution in [-0.4, -0.2) is 32.1 Å². The van der Waals surface area contributed by atoms with Crippen LogP contribution in [0.3, 0.4) is 0 Å². The van der Waals surface area contributed by atoms with Crippen LogP contribution in [0.2, 0.25) is 5.02 Å². The SMILES string of the molecule is COc1ccc(Cl)cc1C(=O)OCC(=O)N(CCC#N)c1cc(C)cc(C)c1. The van der Waals surface area contributed by atoms with Gasteiger partial charge in [-0.15, -0.1) is 0 Å². The molecule has 0 unspecified atom stereocenters. The first-order valence-corrected chi connectivity index (χ1v) is 8.99. The molecule has 28 heavy (non-hydrogen) atoms. The number of carbonyl (C=O) groups excluding carboxylic acids is 2. The van der Waals surface area contributed by atoms with Crippen LogP contribution < -0.4 is 9.64 Å². The molecule has 0 aliphatic heterocycles. The van der Waals surface area contributed by atoms with Crippen LogP contribution in [0.25, 0.3) is 0 Å². The van der Waals surface area contributed by atoms with E-state index in [2.05, 4.69) is 0 Å². The standard InChI is InChI=1S/C21H21ClN2O4/c1-14-9-15(2)11-17(10-14)24(8-4-7-23)20(25)13-28-21(26)18-12-16(22)5-6-19(18)27-3/h5-6,9-12H,4,8,13H2,1-3H3. The molecule has 7 heteroatoms. The van der Waals surface area contributed by atoms with Gasteiger partial charge in [0.15, 0.2) is 6.61 Å². The number of benzene rings is 2. The average molecular weight is 401 g/mol. The van der Waals surface area contributed by atoms with Crippen LogP contribution in [0.1, 0.15) is 27.9 Å². The first kappa shape index (κ1) is 21.3. The lowest BCUT2D eigenvalue weighted by atomic mass is 10.1. The van der Waals surface area contributed by atoms with Gasteiger partial charge in [0, 0.05) is 17.3 Å². The van der Waals surface area contributed by atoms with Crippen molar-refractivity contribution in [1.29, 1.82) is 5.26 Å². The Labute approximate surface area is 169 Å². The molecule has 146 valence electrons. The molecule has 6 nitrogen and oxygen atoms in total. The summed E-state index contributed by atoms with van der Waals surface area (Å²) in [5.41, 5.74) is 2.78. The maximum Gasteiger partial charge on any atom is 0.342 e. The number of esters is 1. The van der Waals surface area contributed by atoms with E-state index in [0.29, 0.717) is 16.5 Å². The van der Waals surface area contributed by atoms with E-state index in [1.54, 1.807) is 12.1 Å². The fourth-order valence-corrected chi connectivity index (χ4v) is 2.96. The average Bonchev–Trinajstić information content (AvgIpc) is 2.65. The van der Waals surface area contributed by atoms with Crippen LogP contribution in [0, 0.1) is 25.2 Å². The molecule has 0 saturated heterocycles. The van der Waals surface area contributed by atoms with Gasteiger partial charge >= 0.3 is 5.97 Å². The van der Waals surface area contributed by atoms with E-state index in [4.69, 9.17) is 26.3 Å². The predicted octanol–water partition coefficient (Wildman–Crippen LogP) is 4.07. The molecule has 0 radical (unpaired) electrons. The van der Waals surface area contributed by atoms with Crippen molar-refractivity contribution in [3.05, 3.63) is 58.1 Å². The Morgan fingerprint density at radius 1 is 1.14 bits per heavy atom. The number of anilines is 1. The van der Waals surface area contributed by atoms with Crippen LogP contribution in [0.5, 0.6) is 5.75 Å². The minimum absolute atomic E-state index is 0.137. The highest BCUT2D eigenvalue weighted by Crippen LogP contribution is 2.24. The third-order valence-electron chi connectivity index (χ3n) is 3.97. The van der Waals surface area contributed by atoms with Crippen LogP contribution in [-0.2, 0) is 9.53 Å².